The van der Waals surface area contributed by atoms with E-state index in [4.69, 9.17) is 10.2 Å². The van der Waals surface area contributed by atoms with Gasteiger partial charge < -0.3 is 15.1 Å². The first-order valence-electron chi connectivity index (χ1n) is 6.17. The molecule has 0 saturated heterocycles. The van der Waals surface area contributed by atoms with Crippen LogP contribution in [0.2, 0.25) is 0 Å². The molecule has 0 aliphatic carbocycles. The standard InChI is InChI=1S/C14H15N3OS/c1-9(15)8-10-6-7-13(18-10)19-14-16-11-4-2-3-5-12(11)17-14/h2-7,9H,8,15H2,1H3,(H,16,17). The maximum absolute atomic E-state index is 5.75. The lowest BCUT2D eigenvalue weighted by molar-refractivity contribution is 0.421. The predicted molar refractivity (Wildman–Crippen MR) is 76.3 cm³/mol. The number of fused-ring (bicyclic) bond motifs is 1. The van der Waals surface area contributed by atoms with E-state index < -0.39 is 0 Å². The number of nitrogens with one attached hydrogen (secondary N) is 1. The van der Waals surface area contributed by atoms with Gasteiger partial charge in [0.2, 0.25) is 0 Å². The van der Waals surface area contributed by atoms with Crippen molar-refractivity contribution in [1.29, 1.82) is 0 Å². The summed E-state index contributed by atoms with van der Waals surface area (Å²) in [6.07, 6.45) is 0.751. The molecule has 3 N–H and O–H groups in total. The number of imidazole rings is 1. The van der Waals surface area contributed by atoms with Crippen LogP contribution in [0.4, 0.5) is 0 Å². The van der Waals surface area contributed by atoms with E-state index in [1.807, 2.05) is 43.3 Å². The highest BCUT2D eigenvalue weighted by Crippen LogP contribution is 2.28. The number of aromatic amines is 1. The molecular weight excluding hydrogens is 258 g/mol. The van der Waals surface area contributed by atoms with Crippen LogP contribution in [-0.4, -0.2) is 16.0 Å². The van der Waals surface area contributed by atoms with Gasteiger partial charge in [-0.1, -0.05) is 12.1 Å². The second-order valence-electron chi connectivity index (χ2n) is 4.56. The molecule has 0 saturated carbocycles. The SMILES string of the molecule is CC(N)Cc1ccc(Sc2nc3ccccc3[nH]2)o1. The molecule has 1 unspecified atom stereocenters. The fourth-order valence-corrected chi connectivity index (χ4v) is 2.69. The van der Waals surface area contributed by atoms with Crippen molar-refractivity contribution in [2.75, 3.05) is 0 Å². The fourth-order valence-electron chi connectivity index (χ4n) is 1.91. The van der Waals surface area contributed by atoms with Crippen molar-refractivity contribution in [3.63, 3.8) is 0 Å². The van der Waals surface area contributed by atoms with Crippen molar-refractivity contribution in [3.05, 3.63) is 42.2 Å². The highest BCUT2D eigenvalue weighted by Gasteiger charge is 2.09. The Balaban J connectivity index is 1.78. The predicted octanol–water partition coefficient (Wildman–Crippen LogP) is 3.20. The van der Waals surface area contributed by atoms with E-state index in [2.05, 4.69) is 9.97 Å². The average molecular weight is 273 g/mol. The molecule has 3 rings (SSSR count). The van der Waals surface area contributed by atoms with Gasteiger partial charge in [-0.15, -0.1) is 0 Å². The highest BCUT2D eigenvalue weighted by molar-refractivity contribution is 7.99. The summed E-state index contributed by atoms with van der Waals surface area (Å²) in [5.74, 6) is 0.911. The van der Waals surface area contributed by atoms with Crippen molar-refractivity contribution in [3.8, 4) is 0 Å². The molecule has 1 atom stereocenters. The van der Waals surface area contributed by atoms with Gasteiger partial charge in [-0.25, -0.2) is 4.98 Å². The van der Waals surface area contributed by atoms with E-state index in [9.17, 15) is 0 Å². The normalized spacial score (nSPS) is 12.9. The van der Waals surface area contributed by atoms with Crippen LogP contribution in [0, 0.1) is 0 Å². The van der Waals surface area contributed by atoms with Gasteiger partial charge in [0.1, 0.15) is 5.76 Å². The van der Waals surface area contributed by atoms with E-state index in [0.29, 0.717) is 0 Å². The van der Waals surface area contributed by atoms with E-state index in [1.165, 1.54) is 11.8 Å². The molecule has 0 radical (unpaired) electrons. The van der Waals surface area contributed by atoms with Crippen LogP contribution in [0.5, 0.6) is 0 Å². The molecule has 0 bridgehead atoms. The minimum Gasteiger partial charge on any atom is -0.454 e. The van der Waals surface area contributed by atoms with Crippen LogP contribution in [0.15, 0.2) is 51.1 Å². The minimum absolute atomic E-state index is 0.107. The third kappa shape index (κ3) is 2.83. The summed E-state index contributed by atoms with van der Waals surface area (Å²) >= 11 is 1.49. The zero-order chi connectivity index (χ0) is 13.2. The lowest BCUT2D eigenvalue weighted by Crippen LogP contribution is -2.17. The third-order valence-electron chi connectivity index (χ3n) is 2.73. The van der Waals surface area contributed by atoms with Gasteiger partial charge in [0.15, 0.2) is 10.2 Å². The van der Waals surface area contributed by atoms with Crippen LogP contribution in [0.1, 0.15) is 12.7 Å². The first kappa shape index (κ1) is 12.3. The number of hydrogen-bond donors (Lipinski definition) is 2. The van der Waals surface area contributed by atoms with Gasteiger partial charge in [0.05, 0.1) is 11.0 Å². The Hall–Kier alpha value is -1.72. The maximum Gasteiger partial charge on any atom is 0.174 e. The molecule has 19 heavy (non-hydrogen) atoms. The summed E-state index contributed by atoms with van der Waals surface area (Å²) in [6.45, 7) is 1.97. The molecular formula is C14H15N3OS. The van der Waals surface area contributed by atoms with Crippen molar-refractivity contribution >= 4 is 22.8 Å². The highest BCUT2D eigenvalue weighted by atomic mass is 32.2. The van der Waals surface area contributed by atoms with E-state index in [-0.39, 0.29) is 6.04 Å². The Morgan fingerprint density at radius 2 is 2.16 bits per heavy atom. The van der Waals surface area contributed by atoms with E-state index in [1.54, 1.807) is 0 Å². The van der Waals surface area contributed by atoms with Crippen LogP contribution in [0.3, 0.4) is 0 Å². The van der Waals surface area contributed by atoms with Crippen molar-refractivity contribution in [1.82, 2.24) is 9.97 Å². The zero-order valence-electron chi connectivity index (χ0n) is 10.6. The zero-order valence-corrected chi connectivity index (χ0v) is 11.4. The second kappa shape index (κ2) is 5.11. The van der Waals surface area contributed by atoms with Crippen LogP contribution < -0.4 is 5.73 Å². The Morgan fingerprint density at radius 1 is 1.32 bits per heavy atom. The summed E-state index contributed by atoms with van der Waals surface area (Å²) in [5.41, 5.74) is 7.75. The van der Waals surface area contributed by atoms with Gasteiger partial charge in [-0.2, -0.15) is 0 Å². The Morgan fingerprint density at radius 3 is 2.95 bits per heavy atom. The number of nitrogens with two attached hydrogens (primary N) is 1. The van der Waals surface area contributed by atoms with Crippen molar-refractivity contribution < 1.29 is 4.42 Å². The molecule has 4 nitrogen and oxygen atoms in total. The maximum atomic E-state index is 5.75. The quantitative estimate of drug-likeness (QED) is 0.766. The largest absolute Gasteiger partial charge is 0.454 e. The third-order valence-corrected chi connectivity index (χ3v) is 3.53. The van der Waals surface area contributed by atoms with Crippen LogP contribution in [-0.2, 0) is 6.42 Å². The molecule has 1 aromatic carbocycles. The number of H-pyrrole nitrogens is 1. The Labute approximate surface area is 115 Å². The summed E-state index contributed by atoms with van der Waals surface area (Å²) in [7, 11) is 0. The molecule has 0 aliphatic heterocycles. The van der Waals surface area contributed by atoms with Gasteiger partial charge in [-0.3, -0.25) is 0 Å². The summed E-state index contributed by atoms with van der Waals surface area (Å²) < 4.78 is 5.72. The monoisotopic (exact) mass is 273 g/mol. The minimum atomic E-state index is 0.107. The topological polar surface area (TPSA) is 67.8 Å². The van der Waals surface area contributed by atoms with Crippen LogP contribution >= 0.6 is 11.8 Å². The van der Waals surface area contributed by atoms with E-state index >= 15 is 0 Å². The van der Waals surface area contributed by atoms with Crippen molar-refractivity contribution in [2.45, 2.75) is 29.6 Å². The molecule has 98 valence electrons. The molecule has 0 spiro atoms. The lowest BCUT2D eigenvalue weighted by Gasteiger charge is -1.99. The van der Waals surface area contributed by atoms with Gasteiger partial charge >= 0.3 is 0 Å². The number of aromatic nitrogens is 2. The average Bonchev–Trinajstić information content (AvgIpc) is 2.94. The number of hydrogen-bond acceptors (Lipinski definition) is 4. The Bertz CT molecular complexity index is 654. The number of para-hydroxylation sites is 2. The molecule has 2 aromatic heterocycles. The second-order valence-corrected chi connectivity index (χ2v) is 5.56. The first-order valence-corrected chi connectivity index (χ1v) is 6.99. The fraction of sp³-hybridized carbons (Fsp3) is 0.214. The number of benzene rings is 1. The Kier molecular flexibility index (Phi) is 3.31. The molecule has 0 aliphatic rings. The molecule has 0 amide bonds. The summed E-state index contributed by atoms with van der Waals surface area (Å²) in [4.78, 5) is 7.76. The van der Waals surface area contributed by atoms with Gasteiger partial charge in [-0.05, 0) is 43.0 Å². The number of rotatable bonds is 4. The van der Waals surface area contributed by atoms with Crippen molar-refractivity contribution in [2.24, 2.45) is 5.73 Å². The summed E-state index contributed by atoms with van der Waals surface area (Å²) in [6, 6.07) is 12.0. The number of furan rings is 1. The smallest absolute Gasteiger partial charge is 0.174 e. The van der Waals surface area contributed by atoms with Gasteiger partial charge in [0.25, 0.3) is 0 Å². The van der Waals surface area contributed by atoms with Gasteiger partial charge in [0, 0.05) is 12.5 Å². The molecule has 3 aromatic rings. The molecule has 5 heteroatoms. The molecule has 0 fully saturated rings. The first-order chi connectivity index (χ1) is 9.20. The van der Waals surface area contributed by atoms with E-state index in [0.717, 1.165) is 33.5 Å². The number of nitrogens with zero attached hydrogens (tertiary/aromatic N) is 1. The van der Waals surface area contributed by atoms with Crippen LogP contribution in [0.25, 0.3) is 11.0 Å². The lowest BCUT2D eigenvalue weighted by atomic mass is 10.2. The summed E-state index contributed by atoms with van der Waals surface area (Å²) in [5, 5.41) is 1.66. The molecule has 2 heterocycles.